The van der Waals surface area contributed by atoms with E-state index in [0.29, 0.717) is 28.6 Å². The summed E-state index contributed by atoms with van der Waals surface area (Å²) in [5.74, 6) is 0.352. The zero-order valence-electron chi connectivity index (χ0n) is 20.6. The van der Waals surface area contributed by atoms with E-state index in [4.69, 9.17) is 23.2 Å². The van der Waals surface area contributed by atoms with Gasteiger partial charge in [0.05, 0.1) is 0 Å². The van der Waals surface area contributed by atoms with Crippen molar-refractivity contribution in [3.8, 4) is 0 Å². The van der Waals surface area contributed by atoms with Crippen molar-refractivity contribution in [1.29, 1.82) is 0 Å². The van der Waals surface area contributed by atoms with Gasteiger partial charge in [-0.15, -0.1) is 11.8 Å². The number of benzene rings is 3. The second-order valence-corrected chi connectivity index (χ2v) is 10.7. The van der Waals surface area contributed by atoms with Gasteiger partial charge in [-0.3, -0.25) is 9.59 Å². The first-order valence-electron chi connectivity index (χ1n) is 12.1. The van der Waals surface area contributed by atoms with E-state index >= 15 is 0 Å². The van der Waals surface area contributed by atoms with Gasteiger partial charge in [-0.05, 0) is 48.7 Å². The summed E-state index contributed by atoms with van der Waals surface area (Å²) in [5, 5.41) is 4.08. The number of halogens is 2. The van der Waals surface area contributed by atoms with Crippen LogP contribution < -0.4 is 5.32 Å². The van der Waals surface area contributed by atoms with Crippen LogP contribution in [-0.4, -0.2) is 34.6 Å². The largest absolute Gasteiger partial charge is 0.352 e. The normalized spacial score (nSPS) is 12.6. The smallest absolute Gasteiger partial charge is 0.243 e. The molecule has 1 N–H and O–H groups in total. The third kappa shape index (κ3) is 8.58. The summed E-state index contributed by atoms with van der Waals surface area (Å²) in [6.45, 7) is 4.21. The van der Waals surface area contributed by atoms with Crippen LogP contribution in [0.5, 0.6) is 0 Å². The zero-order valence-corrected chi connectivity index (χ0v) is 23.0. The summed E-state index contributed by atoms with van der Waals surface area (Å²) in [4.78, 5) is 30.0. The molecule has 3 aromatic carbocycles. The molecule has 0 radical (unpaired) electrons. The van der Waals surface area contributed by atoms with Gasteiger partial charge in [0, 0.05) is 46.1 Å². The molecule has 0 aliphatic carbocycles. The number of carbonyl (C=O) groups excluding carboxylic acids is 2. The van der Waals surface area contributed by atoms with E-state index < -0.39 is 6.04 Å². The zero-order chi connectivity index (χ0) is 25.9. The Labute approximate surface area is 228 Å². The van der Waals surface area contributed by atoms with Crippen molar-refractivity contribution < 1.29 is 9.59 Å². The average molecular weight is 544 g/mol. The predicted octanol–water partition coefficient (Wildman–Crippen LogP) is 7.03. The quantitative estimate of drug-likeness (QED) is 0.250. The molecule has 0 fully saturated rings. The Bertz CT molecular complexity index is 1130. The Morgan fingerprint density at radius 1 is 0.972 bits per heavy atom. The minimum Gasteiger partial charge on any atom is -0.352 e. The Morgan fingerprint density at radius 3 is 2.28 bits per heavy atom. The lowest BCUT2D eigenvalue weighted by Gasteiger charge is -2.32. The molecule has 0 bridgehead atoms. The molecule has 190 valence electrons. The van der Waals surface area contributed by atoms with Crippen LogP contribution in [0.15, 0.2) is 83.8 Å². The molecule has 4 nitrogen and oxygen atoms in total. The summed E-state index contributed by atoms with van der Waals surface area (Å²) < 4.78 is 0. The molecule has 0 aliphatic rings. The first-order chi connectivity index (χ1) is 17.4. The standard InChI is InChI=1S/C29H32Cl2N2O2S/c1-3-21(2)32-29(35)27(18-22-10-6-4-7-11-22)33(20-23-14-15-24(30)19-26(23)31)28(34)16-17-36-25-12-8-5-9-13-25/h4-15,19,21,27H,3,16-18,20H2,1-2H3,(H,32,35)/t21-,27+/m0/s1. The molecule has 0 unspecified atom stereocenters. The number of rotatable bonds is 12. The van der Waals surface area contributed by atoms with E-state index in [0.717, 1.165) is 22.4 Å². The maximum Gasteiger partial charge on any atom is 0.243 e. The molecule has 0 spiro atoms. The molecule has 7 heteroatoms. The van der Waals surface area contributed by atoms with Crippen molar-refractivity contribution in [2.45, 2.75) is 56.6 Å². The van der Waals surface area contributed by atoms with E-state index in [1.54, 1.807) is 28.8 Å². The van der Waals surface area contributed by atoms with Crippen molar-refractivity contribution in [2.75, 3.05) is 5.75 Å². The summed E-state index contributed by atoms with van der Waals surface area (Å²) in [6.07, 6.45) is 1.51. The van der Waals surface area contributed by atoms with Crippen molar-refractivity contribution in [1.82, 2.24) is 10.2 Å². The van der Waals surface area contributed by atoms with Crippen LogP contribution in [0.2, 0.25) is 10.0 Å². The van der Waals surface area contributed by atoms with Gasteiger partial charge >= 0.3 is 0 Å². The fourth-order valence-corrected chi connectivity index (χ4v) is 5.08. The fourth-order valence-electron chi connectivity index (χ4n) is 3.75. The lowest BCUT2D eigenvalue weighted by atomic mass is 10.0. The van der Waals surface area contributed by atoms with Gasteiger partial charge in [-0.2, -0.15) is 0 Å². The van der Waals surface area contributed by atoms with E-state index in [9.17, 15) is 9.59 Å². The highest BCUT2D eigenvalue weighted by atomic mass is 35.5. The molecule has 0 aliphatic heterocycles. The van der Waals surface area contributed by atoms with Crippen LogP contribution in [-0.2, 0) is 22.6 Å². The van der Waals surface area contributed by atoms with Gasteiger partial charge in [0.15, 0.2) is 0 Å². The minimum absolute atomic E-state index is 0.000446. The van der Waals surface area contributed by atoms with Crippen LogP contribution >= 0.6 is 35.0 Å². The first kappa shape index (κ1) is 28.1. The highest BCUT2D eigenvalue weighted by Crippen LogP contribution is 2.25. The third-order valence-electron chi connectivity index (χ3n) is 5.96. The van der Waals surface area contributed by atoms with Gasteiger partial charge in [0.2, 0.25) is 11.8 Å². The number of thioether (sulfide) groups is 1. The van der Waals surface area contributed by atoms with Gasteiger partial charge in [-0.25, -0.2) is 0 Å². The van der Waals surface area contributed by atoms with Gasteiger partial charge in [0.1, 0.15) is 6.04 Å². The van der Waals surface area contributed by atoms with Crippen LogP contribution in [0.4, 0.5) is 0 Å². The summed E-state index contributed by atoms with van der Waals surface area (Å²) in [5.41, 5.74) is 1.74. The number of amides is 2. The Balaban J connectivity index is 1.89. The maximum absolute atomic E-state index is 13.7. The van der Waals surface area contributed by atoms with Crippen molar-refractivity contribution in [3.05, 3.63) is 100 Å². The Kier molecular flexibility index (Phi) is 11.2. The van der Waals surface area contributed by atoms with Crippen LogP contribution in [0, 0.1) is 0 Å². The molecule has 2 amide bonds. The molecule has 0 heterocycles. The maximum atomic E-state index is 13.7. The van der Waals surface area contributed by atoms with Crippen LogP contribution in [0.25, 0.3) is 0 Å². The molecule has 0 saturated heterocycles. The highest BCUT2D eigenvalue weighted by Gasteiger charge is 2.31. The molecule has 3 aromatic rings. The van der Waals surface area contributed by atoms with E-state index in [1.807, 2.05) is 80.6 Å². The number of hydrogen-bond acceptors (Lipinski definition) is 3. The molecular formula is C29H32Cl2N2O2S. The lowest BCUT2D eigenvalue weighted by molar-refractivity contribution is -0.141. The average Bonchev–Trinajstić information content (AvgIpc) is 2.88. The summed E-state index contributed by atoms with van der Waals surface area (Å²) in [6, 6.07) is 24.3. The summed E-state index contributed by atoms with van der Waals surface area (Å²) in [7, 11) is 0. The molecule has 3 rings (SSSR count). The predicted molar refractivity (Wildman–Crippen MR) is 151 cm³/mol. The highest BCUT2D eigenvalue weighted by molar-refractivity contribution is 7.99. The van der Waals surface area contributed by atoms with Crippen molar-refractivity contribution in [3.63, 3.8) is 0 Å². The third-order valence-corrected chi connectivity index (χ3v) is 7.56. The van der Waals surface area contributed by atoms with E-state index in [2.05, 4.69) is 5.32 Å². The SMILES string of the molecule is CC[C@H](C)NC(=O)[C@@H](Cc1ccccc1)N(Cc1ccc(Cl)cc1Cl)C(=O)CCSc1ccccc1. The van der Waals surface area contributed by atoms with Crippen molar-refractivity contribution in [2.24, 2.45) is 0 Å². The van der Waals surface area contributed by atoms with Crippen LogP contribution in [0.3, 0.4) is 0 Å². The molecule has 0 aromatic heterocycles. The van der Waals surface area contributed by atoms with E-state index in [1.165, 1.54) is 0 Å². The molecule has 36 heavy (non-hydrogen) atoms. The molecular weight excluding hydrogens is 511 g/mol. The topological polar surface area (TPSA) is 49.4 Å². The van der Waals surface area contributed by atoms with Gasteiger partial charge in [0.25, 0.3) is 0 Å². The first-order valence-corrected chi connectivity index (χ1v) is 13.9. The Hall–Kier alpha value is -2.47. The number of hydrogen-bond donors (Lipinski definition) is 1. The monoisotopic (exact) mass is 542 g/mol. The molecule has 2 atom stereocenters. The second-order valence-electron chi connectivity index (χ2n) is 8.69. The number of nitrogens with zero attached hydrogens (tertiary/aromatic N) is 1. The summed E-state index contributed by atoms with van der Waals surface area (Å²) >= 11 is 14.2. The lowest BCUT2D eigenvalue weighted by Crippen LogP contribution is -2.52. The number of nitrogens with one attached hydrogen (secondary N) is 1. The minimum atomic E-state index is -0.678. The Morgan fingerprint density at radius 2 is 1.64 bits per heavy atom. The van der Waals surface area contributed by atoms with Crippen LogP contribution in [0.1, 0.15) is 37.8 Å². The number of carbonyl (C=O) groups is 2. The van der Waals surface area contributed by atoms with E-state index in [-0.39, 0.29) is 24.4 Å². The van der Waals surface area contributed by atoms with Crippen molar-refractivity contribution >= 4 is 46.8 Å². The van der Waals surface area contributed by atoms with Gasteiger partial charge < -0.3 is 10.2 Å². The van der Waals surface area contributed by atoms with Gasteiger partial charge in [-0.1, -0.05) is 84.7 Å². The fraction of sp³-hybridized carbons (Fsp3) is 0.310. The second kappa shape index (κ2) is 14.3. The molecule has 0 saturated carbocycles.